The molecule has 4 aromatic rings. The van der Waals surface area contributed by atoms with Crippen molar-refractivity contribution in [2.24, 2.45) is 0 Å². The summed E-state index contributed by atoms with van der Waals surface area (Å²) in [5.74, 6) is -0.338. The number of anilines is 2. The topological polar surface area (TPSA) is 82.6 Å². The lowest BCUT2D eigenvalue weighted by atomic mass is 10.1. The van der Waals surface area contributed by atoms with E-state index >= 15 is 0 Å². The third-order valence-electron chi connectivity index (χ3n) is 5.06. The number of nitrogens with zero attached hydrogens (tertiary/aromatic N) is 3. The molecule has 0 atom stereocenters. The minimum atomic E-state index is -3.92. The quantitative estimate of drug-likeness (QED) is 0.318. The summed E-state index contributed by atoms with van der Waals surface area (Å²) in [6, 6.07) is 20.1. The second-order valence-corrected chi connectivity index (χ2v) is 11.0. The smallest absolute Gasteiger partial charge is 0.262 e. The standard InChI is InChI=1S/C24H23ClN4O3S2.ClH/c1-28(2)15-16-29(24-26-21-9-5-6-10-22(21)33-24)23(30)19-7-3-4-8-20(19)27-34(31,32)18-13-11-17(25)12-14-18;/h3-14,27H,15-16H2,1-2H3;1H. The first-order valence-corrected chi connectivity index (χ1v) is 13.1. The number of halogens is 2. The molecule has 7 nitrogen and oxygen atoms in total. The van der Waals surface area contributed by atoms with Gasteiger partial charge >= 0.3 is 0 Å². The van der Waals surface area contributed by atoms with Crippen LogP contribution in [0.4, 0.5) is 10.8 Å². The Morgan fingerprint density at radius 3 is 2.31 bits per heavy atom. The highest BCUT2D eigenvalue weighted by Gasteiger charge is 2.25. The lowest BCUT2D eigenvalue weighted by Crippen LogP contribution is -2.37. The second kappa shape index (κ2) is 11.4. The summed E-state index contributed by atoms with van der Waals surface area (Å²) in [6.07, 6.45) is 0. The van der Waals surface area contributed by atoms with E-state index in [2.05, 4.69) is 9.71 Å². The number of hydrogen-bond acceptors (Lipinski definition) is 6. The monoisotopic (exact) mass is 550 g/mol. The van der Waals surface area contributed by atoms with Crippen LogP contribution >= 0.6 is 35.3 Å². The Bertz CT molecular complexity index is 1390. The zero-order chi connectivity index (χ0) is 24.3. The molecule has 3 aromatic carbocycles. The van der Waals surface area contributed by atoms with Gasteiger partial charge in [-0.05, 0) is 62.6 Å². The van der Waals surface area contributed by atoms with E-state index in [9.17, 15) is 13.2 Å². The molecule has 0 spiro atoms. The van der Waals surface area contributed by atoms with Gasteiger partial charge in [-0.2, -0.15) is 0 Å². The molecule has 4 rings (SSSR count). The van der Waals surface area contributed by atoms with Crippen molar-refractivity contribution in [3.63, 3.8) is 0 Å². The average Bonchev–Trinajstić information content (AvgIpc) is 3.23. The number of benzene rings is 3. The molecule has 0 aliphatic carbocycles. The molecule has 1 N–H and O–H groups in total. The van der Waals surface area contributed by atoms with Gasteiger partial charge < -0.3 is 4.90 Å². The fourth-order valence-electron chi connectivity index (χ4n) is 3.28. The molecule has 0 radical (unpaired) electrons. The molecular weight excluding hydrogens is 527 g/mol. The first-order chi connectivity index (χ1) is 16.2. The van der Waals surface area contributed by atoms with Gasteiger partial charge in [0.15, 0.2) is 5.13 Å². The first-order valence-electron chi connectivity index (χ1n) is 10.4. The number of amides is 1. The highest BCUT2D eigenvalue weighted by atomic mass is 35.5. The van der Waals surface area contributed by atoms with Crippen LogP contribution < -0.4 is 9.62 Å². The number of carbonyl (C=O) groups is 1. The number of likely N-dealkylation sites (N-methyl/N-ethyl adjacent to an activating group) is 1. The van der Waals surface area contributed by atoms with Crippen LogP contribution in [0.25, 0.3) is 10.2 Å². The Kier molecular flexibility index (Phi) is 8.74. The predicted octanol–water partition coefficient (Wildman–Crippen LogP) is 5.38. The van der Waals surface area contributed by atoms with E-state index in [0.29, 0.717) is 23.2 Å². The number of para-hydroxylation sites is 2. The molecule has 35 heavy (non-hydrogen) atoms. The van der Waals surface area contributed by atoms with E-state index in [1.165, 1.54) is 35.6 Å². The molecule has 1 amide bonds. The van der Waals surface area contributed by atoms with E-state index in [-0.39, 0.29) is 34.5 Å². The second-order valence-electron chi connectivity index (χ2n) is 7.83. The third-order valence-corrected chi connectivity index (χ3v) is 7.75. The lowest BCUT2D eigenvalue weighted by Gasteiger charge is -2.23. The normalized spacial score (nSPS) is 11.3. The minimum Gasteiger partial charge on any atom is -0.308 e. The number of sulfonamides is 1. The summed E-state index contributed by atoms with van der Waals surface area (Å²) in [7, 11) is -0.0717. The molecule has 1 heterocycles. The number of thiazole rings is 1. The fourth-order valence-corrected chi connectivity index (χ4v) is 5.48. The van der Waals surface area contributed by atoms with Crippen LogP contribution in [0.15, 0.2) is 77.7 Å². The number of carbonyl (C=O) groups excluding carboxylic acids is 1. The summed E-state index contributed by atoms with van der Waals surface area (Å²) in [6.45, 7) is 1.00. The van der Waals surface area contributed by atoms with E-state index in [0.717, 1.165) is 10.2 Å². The number of nitrogens with one attached hydrogen (secondary N) is 1. The number of hydrogen-bond donors (Lipinski definition) is 1. The van der Waals surface area contributed by atoms with E-state index < -0.39 is 10.0 Å². The van der Waals surface area contributed by atoms with Gasteiger partial charge in [0, 0.05) is 18.1 Å². The van der Waals surface area contributed by atoms with Crippen molar-refractivity contribution in [3.8, 4) is 0 Å². The zero-order valence-corrected chi connectivity index (χ0v) is 22.2. The summed E-state index contributed by atoms with van der Waals surface area (Å²) >= 11 is 7.31. The van der Waals surface area contributed by atoms with Gasteiger partial charge in [-0.3, -0.25) is 14.4 Å². The molecule has 1 aromatic heterocycles. The van der Waals surface area contributed by atoms with Crippen LogP contribution in [0.1, 0.15) is 10.4 Å². The van der Waals surface area contributed by atoms with Crippen LogP contribution in [0, 0.1) is 0 Å². The van der Waals surface area contributed by atoms with E-state index in [1.807, 2.05) is 43.3 Å². The molecule has 0 aliphatic rings. The highest BCUT2D eigenvalue weighted by molar-refractivity contribution is 7.92. The number of rotatable bonds is 8. The predicted molar refractivity (Wildman–Crippen MR) is 146 cm³/mol. The molecule has 184 valence electrons. The van der Waals surface area contributed by atoms with Gasteiger partial charge in [0.25, 0.3) is 15.9 Å². The van der Waals surface area contributed by atoms with Gasteiger partial charge in [-0.1, -0.05) is 47.2 Å². The maximum absolute atomic E-state index is 13.7. The molecule has 0 bridgehead atoms. The minimum absolute atomic E-state index is 0. The average molecular weight is 552 g/mol. The van der Waals surface area contributed by atoms with Crippen molar-refractivity contribution in [2.75, 3.05) is 36.8 Å². The largest absolute Gasteiger partial charge is 0.308 e. The van der Waals surface area contributed by atoms with Crippen molar-refractivity contribution >= 4 is 72.3 Å². The maximum atomic E-state index is 13.7. The van der Waals surface area contributed by atoms with Crippen molar-refractivity contribution < 1.29 is 13.2 Å². The van der Waals surface area contributed by atoms with Gasteiger partial charge in [0.1, 0.15) is 0 Å². The van der Waals surface area contributed by atoms with Crippen LogP contribution in [0.2, 0.25) is 5.02 Å². The molecule has 0 fully saturated rings. The van der Waals surface area contributed by atoms with Gasteiger partial charge in [0.2, 0.25) is 0 Å². The molecule has 0 unspecified atom stereocenters. The summed E-state index contributed by atoms with van der Waals surface area (Å²) in [5.41, 5.74) is 1.23. The van der Waals surface area contributed by atoms with Crippen LogP contribution in [-0.4, -0.2) is 51.4 Å². The van der Waals surface area contributed by atoms with Crippen LogP contribution in [0.3, 0.4) is 0 Å². The number of aromatic nitrogens is 1. The van der Waals surface area contributed by atoms with Crippen molar-refractivity contribution in [1.82, 2.24) is 9.88 Å². The Balaban J connectivity index is 0.00000342. The van der Waals surface area contributed by atoms with Crippen LogP contribution in [-0.2, 0) is 10.0 Å². The fraction of sp³-hybridized carbons (Fsp3) is 0.167. The molecule has 0 aliphatic heterocycles. The first kappa shape index (κ1) is 26.9. The Morgan fingerprint density at radius 1 is 0.971 bits per heavy atom. The molecule has 0 saturated heterocycles. The van der Waals surface area contributed by atoms with Gasteiger partial charge in [-0.15, -0.1) is 12.4 Å². The molecule has 11 heteroatoms. The molecular formula is C24H24Cl2N4O3S2. The summed E-state index contributed by atoms with van der Waals surface area (Å²) < 4.78 is 29.5. The summed E-state index contributed by atoms with van der Waals surface area (Å²) in [4.78, 5) is 22.0. The van der Waals surface area contributed by atoms with Gasteiger partial charge in [-0.25, -0.2) is 13.4 Å². The third kappa shape index (κ3) is 6.31. The lowest BCUT2D eigenvalue weighted by molar-refractivity contribution is 0.0986. The van der Waals surface area contributed by atoms with E-state index in [1.54, 1.807) is 29.2 Å². The number of fused-ring (bicyclic) bond motifs is 1. The molecule has 0 saturated carbocycles. The highest BCUT2D eigenvalue weighted by Crippen LogP contribution is 2.31. The Labute approximate surface area is 219 Å². The van der Waals surface area contributed by atoms with Crippen molar-refractivity contribution in [2.45, 2.75) is 4.90 Å². The summed E-state index contributed by atoms with van der Waals surface area (Å²) in [5, 5.41) is 0.991. The Hall–Kier alpha value is -2.69. The van der Waals surface area contributed by atoms with E-state index in [4.69, 9.17) is 11.6 Å². The maximum Gasteiger partial charge on any atom is 0.262 e. The SMILES string of the molecule is CN(C)CCN(C(=O)c1ccccc1NS(=O)(=O)c1ccc(Cl)cc1)c1nc2ccccc2s1.Cl. The van der Waals surface area contributed by atoms with Crippen LogP contribution in [0.5, 0.6) is 0 Å². The zero-order valence-electron chi connectivity index (χ0n) is 19.0. The Morgan fingerprint density at radius 2 is 1.63 bits per heavy atom. The van der Waals surface area contributed by atoms with Crippen molar-refractivity contribution in [3.05, 3.63) is 83.4 Å². The van der Waals surface area contributed by atoms with Crippen molar-refractivity contribution in [1.29, 1.82) is 0 Å². The van der Waals surface area contributed by atoms with Gasteiger partial charge in [0.05, 0.1) is 26.4 Å².